The molecule has 0 aliphatic carbocycles. The first-order valence-electron chi connectivity index (χ1n) is 12.3. The monoisotopic (exact) mass is 473 g/mol. The van der Waals surface area contributed by atoms with Crippen molar-refractivity contribution in [1.29, 1.82) is 0 Å². The maximum Gasteiger partial charge on any atom is 0.408 e. The lowest BCUT2D eigenvalue weighted by atomic mass is 10.00. The fourth-order valence-electron chi connectivity index (χ4n) is 3.51. The molecule has 0 bridgehead atoms. The summed E-state index contributed by atoms with van der Waals surface area (Å²) in [5.41, 5.74) is 0.894. The van der Waals surface area contributed by atoms with Crippen LogP contribution in [-0.2, 0) is 14.3 Å². The van der Waals surface area contributed by atoms with E-state index >= 15 is 0 Å². The second-order valence-corrected chi connectivity index (χ2v) is 9.53. The summed E-state index contributed by atoms with van der Waals surface area (Å²) in [5, 5.41) is 5.61. The van der Waals surface area contributed by atoms with Crippen LogP contribution in [0.2, 0.25) is 0 Å². The molecule has 2 atom stereocenters. The highest BCUT2D eigenvalue weighted by Gasteiger charge is 2.34. The van der Waals surface area contributed by atoms with Crippen LogP contribution in [-0.4, -0.2) is 47.5 Å². The number of ether oxygens (including phenoxy) is 1. The average molecular weight is 474 g/mol. The molecule has 0 aliphatic rings. The fraction of sp³-hybridized carbons (Fsp3) is 0.593. The average Bonchev–Trinajstić information content (AvgIpc) is 2.76. The number of nitrogens with zero attached hydrogens (tertiary/aromatic N) is 1. The van der Waals surface area contributed by atoms with Gasteiger partial charge in [0, 0.05) is 13.1 Å². The van der Waals surface area contributed by atoms with E-state index in [-0.39, 0.29) is 11.8 Å². The molecule has 0 saturated carbocycles. The first-order valence-corrected chi connectivity index (χ1v) is 12.3. The largest absolute Gasteiger partial charge is 0.444 e. The van der Waals surface area contributed by atoms with Crippen LogP contribution in [0.25, 0.3) is 6.08 Å². The van der Waals surface area contributed by atoms with Crippen LogP contribution in [0.5, 0.6) is 0 Å². The number of rotatable bonds is 13. The Kier molecular flexibility index (Phi) is 12.4. The van der Waals surface area contributed by atoms with Crippen molar-refractivity contribution in [2.45, 2.75) is 91.3 Å². The van der Waals surface area contributed by atoms with Gasteiger partial charge in [-0.3, -0.25) is 9.59 Å². The standard InChI is InChI=1S/C27H43N3O4/c1-8-11-13-18-30(25(32)20(4)29-26(33)34-27(5,6)7)23(24(31)28-17-12-9-2)22-16-14-15-21(10-3)19-22/h10,14-16,19-20,23H,3,8-9,11-13,17-18H2,1-2,4-7H3,(H,28,31)(H,29,33). The SMILES string of the molecule is C=Cc1cccc(C(C(=O)NCCCC)N(CCCCC)C(=O)C(C)NC(=O)OC(C)(C)C)c1. The first kappa shape index (κ1) is 29.2. The number of carbonyl (C=O) groups excluding carboxylic acids is 3. The molecule has 7 nitrogen and oxygen atoms in total. The summed E-state index contributed by atoms with van der Waals surface area (Å²) in [6.45, 7) is 15.8. The lowest BCUT2D eigenvalue weighted by Gasteiger charge is -2.34. The predicted molar refractivity (Wildman–Crippen MR) is 137 cm³/mol. The highest BCUT2D eigenvalue weighted by Crippen LogP contribution is 2.25. The molecule has 0 heterocycles. The molecule has 1 rings (SSSR count). The Labute approximate surface area is 205 Å². The number of alkyl carbamates (subject to hydrolysis) is 1. The van der Waals surface area contributed by atoms with E-state index in [0.29, 0.717) is 18.7 Å². The Bertz CT molecular complexity index is 816. The molecule has 7 heteroatoms. The molecule has 2 N–H and O–H groups in total. The van der Waals surface area contributed by atoms with Crippen molar-refractivity contribution in [1.82, 2.24) is 15.5 Å². The summed E-state index contributed by atoms with van der Waals surface area (Å²) in [7, 11) is 0. The molecule has 1 aromatic rings. The lowest BCUT2D eigenvalue weighted by Crippen LogP contribution is -2.52. The minimum absolute atomic E-state index is 0.232. The highest BCUT2D eigenvalue weighted by atomic mass is 16.6. The van der Waals surface area contributed by atoms with E-state index in [1.54, 1.807) is 38.7 Å². The van der Waals surface area contributed by atoms with Gasteiger partial charge < -0.3 is 20.3 Å². The summed E-state index contributed by atoms with van der Waals surface area (Å²) < 4.78 is 5.31. The van der Waals surface area contributed by atoms with E-state index in [2.05, 4.69) is 31.1 Å². The third-order valence-electron chi connectivity index (χ3n) is 5.24. The minimum Gasteiger partial charge on any atom is -0.444 e. The Morgan fingerprint density at radius 2 is 1.79 bits per heavy atom. The summed E-state index contributed by atoms with van der Waals surface area (Å²) in [5.74, 6) is -0.564. The van der Waals surface area contributed by atoms with Crippen molar-refractivity contribution >= 4 is 24.0 Å². The van der Waals surface area contributed by atoms with Crippen LogP contribution in [0.15, 0.2) is 30.8 Å². The Balaban J connectivity index is 3.30. The summed E-state index contributed by atoms with van der Waals surface area (Å²) in [6, 6.07) is 5.81. The molecule has 0 fully saturated rings. The van der Waals surface area contributed by atoms with Crippen molar-refractivity contribution in [2.75, 3.05) is 13.1 Å². The molecule has 0 spiro atoms. The van der Waals surface area contributed by atoms with Crippen molar-refractivity contribution in [3.8, 4) is 0 Å². The second kappa shape index (κ2) is 14.4. The van der Waals surface area contributed by atoms with Crippen molar-refractivity contribution in [3.63, 3.8) is 0 Å². The van der Waals surface area contributed by atoms with Gasteiger partial charge in [0.05, 0.1) is 0 Å². The van der Waals surface area contributed by atoms with E-state index in [9.17, 15) is 14.4 Å². The first-order chi connectivity index (χ1) is 16.0. The lowest BCUT2D eigenvalue weighted by molar-refractivity contribution is -0.142. The predicted octanol–water partition coefficient (Wildman–Crippen LogP) is 5.22. The summed E-state index contributed by atoms with van der Waals surface area (Å²) >= 11 is 0. The molecule has 34 heavy (non-hydrogen) atoms. The third kappa shape index (κ3) is 9.98. The van der Waals surface area contributed by atoms with Gasteiger partial charge in [-0.2, -0.15) is 0 Å². The zero-order valence-electron chi connectivity index (χ0n) is 21.8. The van der Waals surface area contributed by atoms with Gasteiger partial charge in [-0.15, -0.1) is 0 Å². The number of hydrogen-bond donors (Lipinski definition) is 2. The molecule has 2 unspecified atom stereocenters. The maximum absolute atomic E-state index is 13.6. The van der Waals surface area contributed by atoms with Crippen LogP contribution >= 0.6 is 0 Å². The van der Waals surface area contributed by atoms with Crippen molar-refractivity contribution < 1.29 is 19.1 Å². The van der Waals surface area contributed by atoms with Crippen LogP contribution in [0, 0.1) is 0 Å². The molecule has 1 aromatic carbocycles. The smallest absolute Gasteiger partial charge is 0.408 e. The maximum atomic E-state index is 13.6. The van der Waals surface area contributed by atoms with Gasteiger partial charge in [-0.25, -0.2) is 4.79 Å². The molecule has 0 aliphatic heterocycles. The van der Waals surface area contributed by atoms with E-state index in [1.165, 1.54) is 0 Å². The fourth-order valence-corrected chi connectivity index (χ4v) is 3.51. The van der Waals surface area contributed by atoms with Gasteiger partial charge >= 0.3 is 6.09 Å². The number of nitrogens with one attached hydrogen (secondary N) is 2. The molecule has 3 amide bonds. The Hall–Kier alpha value is -2.83. The number of carbonyl (C=O) groups is 3. The van der Waals surface area contributed by atoms with Crippen molar-refractivity contribution in [3.05, 3.63) is 42.0 Å². The van der Waals surface area contributed by atoms with Crippen LogP contribution < -0.4 is 10.6 Å². The van der Waals surface area contributed by atoms with Gasteiger partial charge in [0.1, 0.15) is 17.7 Å². The number of amides is 3. The molecule has 0 radical (unpaired) electrons. The minimum atomic E-state index is -0.856. The van der Waals surface area contributed by atoms with Crippen LogP contribution in [0.3, 0.4) is 0 Å². The van der Waals surface area contributed by atoms with Crippen LogP contribution in [0.4, 0.5) is 4.79 Å². The summed E-state index contributed by atoms with van der Waals surface area (Å²) in [4.78, 5) is 40.9. The molecule has 0 saturated heterocycles. The van der Waals surface area contributed by atoms with E-state index in [1.807, 2.05) is 24.3 Å². The second-order valence-electron chi connectivity index (χ2n) is 9.53. The molecule has 190 valence electrons. The van der Waals surface area contributed by atoms with Gasteiger partial charge in [0.25, 0.3) is 0 Å². The highest BCUT2D eigenvalue weighted by molar-refractivity contribution is 5.92. The van der Waals surface area contributed by atoms with E-state index in [4.69, 9.17) is 4.74 Å². The topological polar surface area (TPSA) is 87.7 Å². The van der Waals surface area contributed by atoms with Gasteiger partial charge in [0.15, 0.2) is 0 Å². The normalized spacial score (nSPS) is 12.9. The molecule has 0 aromatic heterocycles. The summed E-state index contributed by atoms with van der Waals surface area (Å²) in [6.07, 6.45) is 5.51. The van der Waals surface area contributed by atoms with E-state index in [0.717, 1.165) is 37.7 Å². The zero-order valence-corrected chi connectivity index (χ0v) is 21.8. The molecular weight excluding hydrogens is 430 g/mol. The van der Waals surface area contributed by atoms with Gasteiger partial charge in [-0.05, 0) is 57.7 Å². The van der Waals surface area contributed by atoms with E-state index < -0.39 is 23.8 Å². The number of hydrogen-bond acceptors (Lipinski definition) is 4. The number of benzene rings is 1. The quantitative estimate of drug-likeness (QED) is 0.385. The Morgan fingerprint density at radius 1 is 1.12 bits per heavy atom. The Morgan fingerprint density at radius 3 is 2.38 bits per heavy atom. The van der Waals surface area contributed by atoms with Crippen molar-refractivity contribution in [2.24, 2.45) is 0 Å². The van der Waals surface area contributed by atoms with Crippen LogP contribution in [0.1, 0.15) is 90.8 Å². The molecular formula is C27H43N3O4. The van der Waals surface area contributed by atoms with Gasteiger partial charge in [-0.1, -0.05) is 64.0 Å². The number of unbranched alkanes of at least 4 members (excludes halogenated alkanes) is 3. The van der Waals surface area contributed by atoms with Gasteiger partial charge in [0.2, 0.25) is 11.8 Å². The third-order valence-corrected chi connectivity index (χ3v) is 5.24. The zero-order chi connectivity index (χ0) is 25.7.